The van der Waals surface area contributed by atoms with Crippen molar-refractivity contribution in [1.82, 2.24) is 0 Å². The number of thiophene rings is 1. The van der Waals surface area contributed by atoms with Gasteiger partial charge in [0.15, 0.2) is 0 Å². The molecule has 6 heteroatoms. The Morgan fingerprint density at radius 3 is 2.43 bits per heavy atom. The SMILES string of the molecule is CCOC(=O)c1c(-c2ccc(C)cc2C)csc1NC(=O)c1ccc(CSC)cc1. The highest BCUT2D eigenvalue weighted by Gasteiger charge is 2.24. The molecule has 0 saturated heterocycles. The molecule has 4 nitrogen and oxygen atoms in total. The number of nitrogens with one attached hydrogen (secondary N) is 1. The number of carbonyl (C=O) groups excluding carboxylic acids is 2. The Labute approximate surface area is 185 Å². The predicted molar refractivity (Wildman–Crippen MR) is 127 cm³/mol. The van der Waals surface area contributed by atoms with Gasteiger partial charge in [0.05, 0.1) is 6.61 Å². The summed E-state index contributed by atoms with van der Waals surface area (Å²) in [5, 5.41) is 5.32. The molecule has 0 atom stereocenters. The maximum atomic E-state index is 12.8. The molecule has 0 bridgehead atoms. The number of ether oxygens (including phenoxy) is 1. The van der Waals surface area contributed by atoms with Crippen molar-refractivity contribution < 1.29 is 14.3 Å². The zero-order chi connectivity index (χ0) is 21.7. The van der Waals surface area contributed by atoms with Gasteiger partial charge in [-0.2, -0.15) is 11.8 Å². The molecular weight excluding hydrogens is 414 g/mol. The van der Waals surface area contributed by atoms with E-state index in [0.717, 1.165) is 28.0 Å². The fourth-order valence-corrected chi connectivity index (χ4v) is 4.73. The minimum atomic E-state index is -0.431. The van der Waals surface area contributed by atoms with Gasteiger partial charge < -0.3 is 10.1 Å². The van der Waals surface area contributed by atoms with Crippen LogP contribution in [0.2, 0.25) is 0 Å². The topological polar surface area (TPSA) is 55.4 Å². The Morgan fingerprint density at radius 2 is 1.80 bits per heavy atom. The Hall–Kier alpha value is -2.57. The molecule has 3 aromatic rings. The fraction of sp³-hybridized carbons (Fsp3) is 0.250. The number of aryl methyl sites for hydroxylation is 2. The van der Waals surface area contributed by atoms with Gasteiger partial charge in [0.2, 0.25) is 0 Å². The molecule has 3 rings (SSSR count). The van der Waals surface area contributed by atoms with E-state index in [1.807, 2.05) is 61.9 Å². The molecule has 0 radical (unpaired) electrons. The molecule has 0 saturated carbocycles. The third-order valence-electron chi connectivity index (χ3n) is 4.70. The van der Waals surface area contributed by atoms with Crippen molar-refractivity contribution in [3.63, 3.8) is 0 Å². The van der Waals surface area contributed by atoms with Crippen LogP contribution in [0.3, 0.4) is 0 Å². The largest absolute Gasteiger partial charge is 0.462 e. The van der Waals surface area contributed by atoms with Crippen LogP contribution in [0.25, 0.3) is 11.1 Å². The molecule has 1 aromatic heterocycles. The second kappa shape index (κ2) is 9.96. The number of thioether (sulfide) groups is 1. The summed E-state index contributed by atoms with van der Waals surface area (Å²) in [5.74, 6) is 0.226. The monoisotopic (exact) mass is 439 g/mol. The molecule has 0 aliphatic heterocycles. The number of hydrogen-bond acceptors (Lipinski definition) is 5. The highest BCUT2D eigenvalue weighted by atomic mass is 32.2. The molecule has 0 aliphatic rings. The maximum Gasteiger partial charge on any atom is 0.341 e. The van der Waals surface area contributed by atoms with Crippen LogP contribution in [-0.2, 0) is 10.5 Å². The lowest BCUT2D eigenvalue weighted by Gasteiger charge is -2.11. The van der Waals surface area contributed by atoms with Crippen molar-refractivity contribution in [3.8, 4) is 11.1 Å². The van der Waals surface area contributed by atoms with Gasteiger partial charge in [0, 0.05) is 22.3 Å². The van der Waals surface area contributed by atoms with Crippen molar-refractivity contribution in [3.05, 3.63) is 75.7 Å². The highest BCUT2D eigenvalue weighted by molar-refractivity contribution is 7.97. The number of amides is 1. The van der Waals surface area contributed by atoms with Gasteiger partial charge >= 0.3 is 5.97 Å². The molecule has 0 unspecified atom stereocenters. The molecule has 0 aliphatic carbocycles. The van der Waals surface area contributed by atoms with E-state index in [0.29, 0.717) is 16.1 Å². The van der Waals surface area contributed by atoms with Gasteiger partial charge in [-0.3, -0.25) is 4.79 Å². The number of benzene rings is 2. The summed E-state index contributed by atoms with van der Waals surface area (Å²) in [7, 11) is 0. The molecule has 0 spiro atoms. The number of carbonyl (C=O) groups is 2. The Morgan fingerprint density at radius 1 is 1.07 bits per heavy atom. The summed E-state index contributed by atoms with van der Waals surface area (Å²) in [6.45, 7) is 6.09. The molecule has 1 amide bonds. The number of anilines is 1. The minimum Gasteiger partial charge on any atom is -0.462 e. The minimum absolute atomic E-state index is 0.245. The van der Waals surface area contributed by atoms with Gasteiger partial charge in [0.25, 0.3) is 5.91 Å². The molecule has 156 valence electrons. The zero-order valence-electron chi connectivity index (χ0n) is 17.6. The van der Waals surface area contributed by atoms with Gasteiger partial charge in [0.1, 0.15) is 10.6 Å². The standard InChI is InChI=1S/C24H25NO3S2/c1-5-28-24(27)21-20(19-11-6-15(2)12-16(19)3)14-30-23(21)25-22(26)18-9-7-17(8-10-18)13-29-4/h6-12,14H,5,13H2,1-4H3,(H,25,26). The predicted octanol–water partition coefficient (Wildman–Crippen LogP) is 6.32. The van der Waals surface area contributed by atoms with E-state index in [1.54, 1.807) is 18.7 Å². The van der Waals surface area contributed by atoms with Crippen molar-refractivity contribution in [2.24, 2.45) is 0 Å². The number of hydrogen-bond donors (Lipinski definition) is 1. The van der Waals surface area contributed by atoms with Gasteiger partial charge in [-0.15, -0.1) is 11.3 Å². The fourth-order valence-electron chi connectivity index (χ4n) is 3.26. The maximum absolute atomic E-state index is 12.8. The Bertz CT molecular complexity index is 1050. The van der Waals surface area contributed by atoms with Gasteiger partial charge in [-0.05, 0) is 55.9 Å². The first-order valence-electron chi connectivity index (χ1n) is 9.70. The lowest BCUT2D eigenvalue weighted by Crippen LogP contribution is -2.15. The third-order valence-corrected chi connectivity index (χ3v) is 6.21. The van der Waals surface area contributed by atoms with Crippen LogP contribution in [0.4, 0.5) is 5.00 Å². The second-order valence-electron chi connectivity index (χ2n) is 6.98. The summed E-state index contributed by atoms with van der Waals surface area (Å²) in [6, 6.07) is 13.6. The lowest BCUT2D eigenvalue weighted by atomic mass is 9.97. The molecule has 1 N–H and O–H groups in total. The zero-order valence-corrected chi connectivity index (χ0v) is 19.2. The van der Waals surface area contributed by atoms with Gasteiger partial charge in [-0.1, -0.05) is 35.9 Å². The van der Waals surface area contributed by atoms with Crippen LogP contribution < -0.4 is 5.32 Å². The Kier molecular flexibility index (Phi) is 7.34. The number of esters is 1. The van der Waals surface area contributed by atoms with E-state index in [9.17, 15) is 9.59 Å². The van der Waals surface area contributed by atoms with Crippen LogP contribution in [0.15, 0.2) is 47.8 Å². The first-order chi connectivity index (χ1) is 14.4. The molecule has 1 heterocycles. The summed E-state index contributed by atoms with van der Waals surface area (Å²) in [4.78, 5) is 25.6. The van der Waals surface area contributed by atoms with Crippen LogP contribution >= 0.6 is 23.1 Å². The average molecular weight is 440 g/mol. The first-order valence-corrected chi connectivity index (χ1v) is 12.0. The smallest absolute Gasteiger partial charge is 0.341 e. The number of rotatable bonds is 7. The molecule has 0 fully saturated rings. The van der Waals surface area contributed by atoms with E-state index in [-0.39, 0.29) is 12.5 Å². The molecular formula is C24H25NO3S2. The second-order valence-corrected chi connectivity index (χ2v) is 8.72. The van der Waals surface area contributed by atoms with Crippen LogP contribution in [0, 0.1) is 13.8 Å². The van der Waals surface area contributed by atoms with E-state index in [1.165, 1.54) is 16.9 Å². The normalized spacial score (nSPS) is 10.7. The van der Waals surface area contributed by atoms with E-state index >= 15 is 0 Å². The summed E-state index contributed by atoms with van der Waals surface area (Å²) in [6.07, 6.45) is 2.04. The first kappa shape index (κ1) is 22.1. The van der Waals surface area contributed by atoms with Crippen molar-refractivity contribution in [2.75, 3.05) is 18.2 Å². The van der Waals surface area contributed by atoms with Crippen LogP contribution in [0.1, 0.15) is 44.3 Å². The molecule has 2 aromatic carbocycles. The van der Waals surface area contributed by atoms with Crippen LogP contribution in [0.5, 0.6) is 0 Å². The van der Waals surface area contributed by atoms with Crippen LogP contribution in [-0.4, -0.2) is 24.7 Å². The summed E-state index contributed by atoms with van der Waals surface area (Å²) < 4.78 is 5.30. The third kappa shape index (κ3) is 4.94. The summed E-state index contributed by atoms with van der Waals surface area (Å²) in [5.41, 5.74) is 6.09. The van der Waals surface area contributed by atoms with E-state index in [4.69, 9.17) is 4.74 Å². The lowest BCUT2D eigenvalue weighted by molar-refractivity contribution is 0.0529. The van der Waals surface area contributed by atoms with E-state index in [2.05, 4.69) is 11.4 Å². The van der Waals surface area contributed by atoms with E-state index < -0.39 is 5.97 Å². The van der Waals surface area contributed by atoms with Crippen molar-refractivity contribution >= 4 is 40.0 Å². The average Bonchev–Trinajstić information content (AvgIpc) is 3.12. The Balaban J connectivity index is 1.95. The summed E-state index contributed by atoms with van der Waals surface area (Å²) >= 11 is 3.07. The van der Waals surface area contributed by atoms with Gasteiger partial charge in [-0.25, -0.2) is 4.79 Å². The van der Waals surface area contributed by atoms with Crippen molar-refractivity contribution in [2.45, 2.75) is 26.5 Å². The highest BCUT2D eigenvalue weighted by Crippen LogP contribution is 2.38. The quantitative estimate of drug-likeness (QED) is 0.437. The van der Waals surface area contributed by atoms with Crippen molar-refractivity contribution in [1.29, 1.82) is 0 Å². The molecule has 30 heavy (non-hydrogen) atoms.